The Bertz CT molecular complexity index is 981. The van der Waals surface area contributed by atoms with Crippen molar-refractivity contribution in [2.45, 2.75) is 19.1 Å². The second-order valence-electron chi connectivity index (χ2n) is 7.24. The van der Waals surface area contributed by atoms with E-state index < -0.39 is 10.0 Å². The minimum atomic E-state index is -3.43. The number of anilines is 1. The zero-order valence-electron chi connectivity index (χ0n) is 17.7. The molecule has 2 aromatic rings. The highest BCUT2D eigenvalue weighted by molar-refractivity contribution is 7.88. The maximum Gasteiger partial charge on any atom is 0.221 e. The van der Waals surface area contributed by atoms with Gasteiger partial charge in [-0.25, -0.2) is 8.42 Å². The van der Waals surface area contributed by atoms with Crippen LogP contribution < -0.4 is 10.6 Å². The zero-order chi connectivity index (χ0) is 22.3. The number of aliphatic imine (C=N–C) groups is 1. The van der Waals surface area contributed by atoms with Gasteiger partial charge in [0.15, 0.2) is 5.96 Å². The normalized spacial score (nSPS) is 15.7. The van der Waals surface area contributed by atoms with Crippen molar-refractivity contribution in [1.29, 1.82) is 0 Å². The molecule has 0 atom stereocenters. The molecule has 0 spiro atoms. The molecule has 2 N–H and O–H groups in total. The summed E-state index contributed by atoms with van der Waals surface area (Å²) in [4.78, 5) is 17.5. The number of rotatable bonds is 7. The third-order valence-corrected chi connectivity index (χ3v) is 6.75. The number of aromatic nitrogens is 1. The van der Waals surface area contributed by atoms with Crippen LogP contribution in [0.2, 0.25) is 0 Å². The maximum absolute atomic E-state index is 12.6. The van der Waals surface area contributed by atoms with Crippen LogP contribution in [0.15, 0.2) is 46.1 Å². The Morgan fingerprint density at radius 1 is 1.16 bits per heavy atom. The van der Waals surface area contributed by atoms with Crippen molar-refractivity contribution >= 4 is 27.6 Å². The monoisotopic (exact) mass is 448 g/mol. The smallest absolute Gasteiger partial charge is 0.221 e. The lowest BCUT2D eigenvalue weighted by molar-refractivity contribution is -0.114. The lowest BCUT2D eigenvalue weighted by Gasteiger charge is -2.35. The molecule has 1 aliphatic heterocycles. The van der Waals surface area contributed by atoms with E-state index >= 15 is 0 Å². The van der Waals surface area contributed by atoms with Crippen LogP contribution in [0.3, 0.4) is 0 Å². The molecule has 1 amide bonds. The Balaban J connectivity index is 1.45. The molecule has 1 aromatic carbocycles. The van der Waals surface area contributed by atoms with E-state index in [0.29, 0.717) is 38.4 Å². The first-order valence-electron chi connectivity index (χ1n) is 10.1. The van der Waals surface area contributed by atoms with E-state index in [1.165, 1.54) is 17.5 Å². The molecule has 31 heavy (non-hydrogen) atoms. The van der Waals surface area contributed by atoms with Gasteiger partial charge in [0.1, 0.15) is 12.0 Å². The van der Waals surface area contributed by atoms with Gasteiger partial charge in [-0.1, -0.05) is 17.3 Å². The quantitative estimate of drug-likeness (QED) is 0.477. The number of nitrogens with zero attached hydrogens (tertiary/aromatic N) is 4. The standard InChI is InChI=1S/C20H28N6O4S/c1-16(27)23-18-5-3-17(4-6-18)7-9-22-20(21-2)25-10-12-26(13-11-25)31(28,29)15-19-8-14-30-24-19/h3-6,8,14H,7,9-13,15H2,1-2H3,(H,21,22)(H,23,27). The highest BCUT2D eigenvalue weighted by atomic mass is 32.2. The van der Waals surface area contributed by atoms with E-state index in [1.54, 1.807) is 13.1 Å². The zero-order valence-corrected chi connectivity index (χ0v) is 18.6. The predicted octanol–water partition coefficient (Wildman–Crippen LogP) is 0.899. The van der Waals surface area contributed by atoms with E-state index in [-0.39, 0.29) is 11.7 Å². The SMILES string of the molecule is CN=C(NCCc1ccc(NC(C)=O)cc1)N1CCN(S(=O)(=O)Cc2ccon2)CC1. The lowest BCUT2D eigenvalue weighted by atomic mass is 10.1. The first kappa shape index (κ1) is 22.8. The molecule has 10 nitrogen and oxygen atoms in total. The molecule has 0 unspecified atom stereocenters. The fraction of sp³-hybridized carbons (Fsp3) is 0.450. The number of amides is 1. The second-order valence-corrected chi connectivity index (χ2v) is 9.20. The summed E-state index contributed by atoms with van der Waals surface area (Å²) in [5.41, 5.74) is 2.32. The number of carbonyl (C=O) groups is 1. The highest BCUT2D eigenvalue weighted by Gasteiger charge is 2.28. The number of carbonyl (C=O) groups excluding carboxylic acids is 1. The lowest BCUT2D eigenvalue weighted by Crippen LogP contribution is -2.54. The van der Waals surface area contributed by atoms with E-state index in [1.807, 2.05) is 24.3 Å². The van der Waals surface area contributed by atoms with Gasteiger partial charge in [-0.05, 0) is 24.1 Å². The number of hydrogen-bond donors (Lipinski definition) is 2. The summed E-state index contributed by atoms with van der Waals surface area (Å²) in [6, 6.07) is 9.28. The van der Waals surface area contributed by atoms with Gasteiger partial charge in [-0.2, -0.15) is 4.31 Å². The van der Waals surface area contributed by atoms with E-state index in [2.05, 4.69) is 25.7 Å². The molecule has 1 saturated heterocycles. The summed E-state index contributed by atoms with van der Waals surface area (Å²) in [6.07, 6.45) is 2.17. The Morgan fingerprint density at radius 2 is 1.87 bits per heavy atom. The summed E-state index contributed by atoms with van der Waals surface area (Å²) >= 11 is 0. The van der Waals surface area contributed by atoms with Gasteiger partial charge in [-0.15, -0.1) is 0 Å². The minimum Gasteiger partial charge on any atom is -0.364 e. The van der Waals surface area contributed by atoms with Crippen molar-refractivity contribution in [3.8, 4) is 0 Å². The van der Waals surface area contributed by atoms with Crippen LogP contribution in [-0.2, 0) is 27.0 Å². The van der Waals surface area contributed by atoms with Gasteiger partial charge >= 0.3 is 0 Å². The molecule has 1 aliphatic rings. The van der Waals surface area contributed by atoms with Crippen molar-refractivity contribution in [3.63, 3.8) is 0 Å². The molecule has 1 aromatic heterocycles. The van der Waals surface area contributed by atoms with Crippen molar-refractivity contribution in [2.75, 3.05) is 45.1 Å². The summed E-state index contributed by atoms with van der Waals surface area (Å²) in [6.45, 7) is 4.08. The third kappa shape index (κ3) is 6.53. The van der Waals surface area contributed by atoms with Crippen molar-refractivity contribution in [3.05, 3.63) is 47.9 Å². The molecule has 0 bridgehead atoms. The summed E-state index contributed by atoms with van der Waals surface area (Å²) in [7, 11) is -1.71. The molecule has 168 valence electrons. The Kier molecular flexibility index (Phi) is 7.64. The predicted molar refractivity (Wildman–Crippen MR) is 118 cm³/mol. The maximum atomic E-state index is 12.6. The summed E-state index contributed by atoms with van der Waals surface area (Å²) < 4.78 is 31.3. The number of piperazine rings is 1. The highest BCUT2D eigenvalue weighted by Crippen LogP contribution is 2.13. The number of nitrogens with one attached hydrogen (secondary N) is 2. The van der Waals surface area contributed by atoms with Crippen LogP contribution >= 0.6 is 0 Å². The average molecular weight is 449 g/mol. The van der Waals surface area contributed by atoms with E-state index in [9.17, 15) is 13.2 Å². The van der Waals surface area contributed by atoms with Crippen molar-refractivity contribution < 1.29 is 17.7 Å². The molecule has 0 saturated carbocycles. The number of benzene rings is 1. The number of hydrogen-bond acceptors (Lipinski definition) is 6. The van der Waals surface area contributed by atoms with Crippen LogP contribution in [0.25, 0.3) is 0 Å². The molecule has 2 heterocycles. The topological polar surface area (TPSA) is 120 Å². The Labute approximate surface area is 182 Å². The van der Waals surface area contributed by atoms with E-state index in [4.69, 9.17) is 4.52 Å². The van der Waals surface area contributed by atoms with Gasteiger partial charge < -0.3 is 20.1 Å². The minimum absolute atomic E-state index is 0.0933. The average Bonchev–Trinajstić information content (AvgIpc) is 3.24. The molecule has 1 fully saturated rings. The number of sulfonamides is 1. The largest absolute Gasteiger partial charge is 0.364 e. The Morgan fingerprint density at radius 3 is 2.45 bits per heavy atom. The summed E-state index contributed by atoms with van der Waals surface area (Å²) in [5.74, 6) is 0.504. The molecule has 0 aliphatic carbocycles. The number of guanidine groups is 1. The fourth-order valence-electron chi connectivity index (χ4n) is 3.38. The van der Waals surface area contributed by atoms with Crippen LogP contribution in [0, 0.1) is 0 Å². The van der Waals surface area contributed by atoms with Crippen LogP contribution in [0.4, 0.5) is 5.69 Å². The van der Waals surface area contributed by atoms with E-state index in [0.717, 1.165) is 23.6 Å². The van der Waals surface area contributed by atoms with Crippen molar-refractivity contribution in [1.82, 2.24) is 19.7 Å². The van der Waals surface area contributed by atoms with Gasteiger partial charge in [-0.3, -0.25) is 9.79 Å². The molecular formula is C20H28N6O4S. The van der Waals surface area contributed by atoms with Gasteiger partial charge in [0.05, 0.1) is 5.69 Å². The summed E-state index contributed by atoms with van der Waals surface area (Å²) in [5, 5.41) is 9.78. The van der Waals surface area contributed by atoms with Crippen molar-refractivity contribution in [2.24, 2.45) is 4.99 Å². The fourth-order valence-corrected chi connectivity index (χ4v) is 4.80. The van der Waals surface area contributed by atoms with Gasteiger partial charge in [0.2, 0.25) is 15.9 Å². The third-order valence-electron chi connectivity index (χ3n) is 4.94. The van der Waals surface area contributed by atoms with Gasteiger partial charge in [0.25, 0.3) is 0 Å². The van der Waals surface area contributed by atoms with Crippen LogP contribution in [-0.4, -0.2) is 74.4 Å². The van der Waals surface area contributed by atoms with Crippen LogP contribution in [0.5, 0.6) is 0 Å². The van der Waals surface area contributed by atoms with Crippen LogP contribution in [0.1, 0.15) is 18.2 Å². The van der Waals surface area contributed by atoms with Gasteiger partial charge in [0, 0.05) is 58.4 Å². The molecule has 11 heteroatoms. The molecule has 0 radical (unpaired) electrons. The first-order valence-corrected chi connectivity index (χ1v) is 11.7. The second kappa shape index (κ2) is 10.4. The Hall–Kier alpha value is -2.92. The molecule has 3 rings (SSSR count). The first-order chi connectivity index (χ1) is 14.9. The molecular weight excluding hydrogens is 420 g/mol.